The normalized spacial score (nSPS) is 15.4. The third-order valence-corrected chi connectivity index (χ3v) is 4.77. The Morgan fingerprint density at radius 2 is 1.83 bits per heavy atom. The zero-order valence-corrected chi connectivity index (χ0v) is 16.2. The minimum absolute atomic E-state index is 0.00358. The number of benzene rings is 2. The van der Waals surface area contributed by atoms with Gasteiger partial charge in [-0.2, -0.15) is 0 Å². The predicted molar refractivity (Wildman–Crippen MR) is 107 cm³/mol. The van der Waals surface area contributed by atoms with Gasteiger partial charge in [0.2, 0.25) is 23.5 Å². The molecule has 0 bridgehead atoms. The van der Waals surface area contributed by atoms with Gasteiger partial charge >= 0.3 is 0 Å². The fourth-order valence-corrected chi connectivity index (χ4v) is 3.48. The van der Waals surface area contributed by atoms with Crippen LogP contribution in [0.5, 0.6) is 17.2 Å². The number of carbonyl (C=O) groups is 2. The number of amides is 2. The zero-order chi connectivity index (χ0) is 20.5. The topological polar surface area (TPSA) is 104 Å². The maximum absolute atomic E-state index is 13.1. The lowest BCUT2D eigenvalue weighted by molar-refractivity contribution is -0.124. The summed E-state index contributed by atoms with van der Waals surface area (Å²) in [5.74, 6) is 0.992. The van der Waals surface area contributed by atoms with E-state index in [1.165, 1.54) is 21.3 Å². The number of hydrogen-bond acceptors (Lipinski definition) is 6. The molecule has 0 unspecified atom stereocenters. The second-order valence-corrected chi connectivity index (χ2v) is 6.47. The maximum atomic E-state index is 13.1. The van der Waals surface area contributed by atoms with Crippen LogP contribution in [0.3, 0.4) is 0 Å². The van der Waals surface area contributed by atoms with Crippen molar-refractivity contribution < 1.29 is 23.8 Å². The summed E-state index contributed by atoms with van der Waals surface area (Å²) in [5.41, 5.74) is 1.93. The van der Waals surface area contributed by atoms with Crippen molar-refractivity contribution in [1.82, 2.24) is 9.55 Å². The van der Waals surface area contributed by atoms with Crippen molar-refractivity contribution in [2.75, 3.05) is 32.0 Å². The molecule has 9 nitrogen and oxygen atoms in total. The van der Waals surface area contributed by atoms with E-state index in [1.54, 1.807) is 16.7 Å². The first kappa shape index (κ1) is 18.6. The predicted octanol–water partition coefficient (Wildman–Crippen LogP) is 2.58. The Labute approximate surface area is 166 Å². The number of nitrogens with one attached hydrogen (secondary N) is 2. The van der Waals surface area contributed by atoms with Crippen LogP contribution in [0.15, 0.2) is 36.4 Å². The average molecular weight is 396 g/mol. The Kier molecular flexibility index (Phi) is 4.71. The standard InChI is InChI=1S/C20H20N4O5/c1-27-15-8-11(9-16(28-2)18(15)29-3)21-19(26)14-10-17(25)23-20-22-12-6-4-5-7-13(12)24(14)20/h4-9,14H,10H2,1-3H3,(H,21,26)(H,22,23,25)/t14-/m1/s1. The van der Waals surface area contributed by atoms with Crippen LogP contribution in [0.25, 0.3) is 11.0 Å². The van der Waals surface area contributed by atoms with E-state index in [1.807, 2.05) is 24.3 Å². The molecule has 2 N–H and O–H groups in total. The van der Waals surface area contributed by atoms with Crippen LogP contribution in [0.1, 0.15) is 12.5 Å². The van der Waals surface area contributed by atoms with E-state index < -0.39 is 6.04 Å². The third kappa shape index (κ3) is 3.20. The minimum atomic E-state index is -0.745. The smallest absolute Gasteiger partial charge is 0.248 e. The number of nitrogens with zero attached hydrogens (tertiary/aromatic N) is 2. The van der Waals surface area contributed by atoms with Gasteiger partial charge in [-0.3, -0.25) is 19.5 Å². The Morgan fingerprint density at radius 1 is 1.14 bits per heavy atom. The lowest BCUT2D eigenvalue weighted by atomic mass is 10.1. The van der Waals surface area contributed by atoms with E-state index >= 15 is 0 Å². The number of para-hydroxylation sites is 2. The van der Waals surface area contributed by atoms with Gasteiger partial charge in [0.15, 0.2) is 11.5 Å². The minimum Gasteiger partial charge on any atom is -0.493 e. The first-order valence-corrected chi connectivity index (χ1v) is 8.93. The fraction of sp³-hybridized carbons (Fsp3) is 0.250. The van der Waals surface area contributed by atoms with Gasteiger partial charge in [0.1, 0.15) is 6.04 Å². The number of methoxy groups -OCH3 is 3. The molecule has 9 heteroatoms. The Balaban J connectivity index is 1.71. The van der Waals surface area contributed by atoms with E-state index in [9.17, 15) is 9.59 Å². The Bertz CT molecular complexity index is 1080. The number of hydrogen-bond donors (Lipinski definition) is 2. The van der Waals surface area contributed by atoms with E-state index in [4.69, 9.17) is 14.2 Å². The van der Waals surface area contributed by atoms with Crippen molar-refractivity contribution >= 4 is 34.5 Å². The third-order valence-electron chi connectivity index (χ3n) is 4.77. The van der Waals surface area contributed by atoms with E-state index in [0.29, 0.717) is 34.4 Å². The van der Waals surface area contributed by atoms with Crippen molar-refractivity contribution in [3.63, 3.8) is 0 Å². The Hall–Kier alpha value is -3.75. The molecule has 1 aliphatic heterocycles. The number of aromatic nitrogens is 2. The Morgan fingerprint density at radius 3 is 2.48 bits per heavy atom. The van der Waals surface area contributed by atoms with E-state index in [-0.39, 0.29) is 18.2 Å². The number of carbonyl (C=O) groups excluding carboxylic acids is 2. The van der Waals surface area contributed by atoms with Crippen LogP contribution in [0.2, 0.25) is 0 Å². The van der Waals surface area contributed by atoms with Crippen LogP contribution < -0.4 is 24.8 Å². The van der Waals surface area contributed by atoms with Crippen LogP contribution in [0.4, 0.5) is 11.6 Å². The van der Waals surface area contributed by atoms with Crippen molar-refractivity contribution in [3.05, 3.63) is 36.4 Å². The molecule has 29 heavy (non-hydrogen) atoms. The highest BCUT2D eigenvalue weighted by atomic mass is 16.5. The van der Waals surface area contributed by atoms with Gasteiger partial charge in [-0.15, -0.1) is 0 Å². The molecule has 1 aliphatic rings. The first-order valence-electron chi connectivity index (χ1n) is 8.93. The van der Waals surface area contributed by atoms with Gasteiger partial charge in [-0.1, -0.05) is 12.1 Å². The number of rotatable bonds is 5. The van der Waals surface area contributed by atoms with Gasteiger partial charge in [-0.05, 0) is 12.1 Å². The van der Waals surface area contributed by atoms with Crippen molar-refractivity contribution in [2.45, 2.75) is 12.5 Å². The molecule has 2 heterocycles. The largest absolute Gasteiger partial charge is 0.493 e. The van der Waals surface area contributed by atoms with Crippen molar-refractivity contribution in [2.24, 2.45) is 0 Å². The van der Waals surface area contributed by atoms with Crippen molar-refractivity contribution in [1.29, 1.82) is 0 Å². The monoisotopic (exact) mass is 396 g/mol. The van der Waals surface area contributed by atoms with Crippen LogP contribution in [0, 0.1) is 0 Å². The molecule has 3 aromatic rings. The summed E-state index contributed by atoms with van der Waals surface area (Å²) in [6.07, 6.45) is 0.00358. The summed E-state index contributed by atoms with van der Waals surface area (Å²) in [4.78, 5) is 29.7. The summed E-state index contributed by atoms with van der Waals surface area (Å²) in [7, 11) is 4.50. The SMILES string of the molecule is COc1cc(NC(=O)[C@H]2CC(=O)Nc3nc4ccccc4n32)cc(OC)c1OC. The highest BCUT2D eigenvalue weighted by Gasteiger charge is 2.33. The number of fused-ring (bicyclic) bond motifs is 3. The molecule has 150 valence electrons. The molecule has 2 aromatic carbocycles. The highest BCUT2D eigenvalue weighted by Crippen LogP contribution is 2.40. The maximum Gasteiger partial charge on any atom is 0.248 e. The van der Waals surface area contributed by atoms with Gasteiger partial charge in [0.05, 0.1) is 38.8 Å². The second kappa shape index (κ2) is 7.34. The first-order chi connectivity index (χ1) is 14.0. The van der Waals surface area contributed by atoms with Crippen LogP contribution in [-0.2, 0) is 9.59 Å². The lowest BCUT2D eigenvalue weighted by Gasteiger charge is -2.25. The summed E-state index contributed by atoms with van der Waals surface area (Å²) in [6, 6.07) is 9.94. The molecule has 0 fully saturated rings. The molecule has 4 rings (SSSR count). The summed E-state index contributed by atoms with van der Waals surface area (Å²) in [5, 5.41) is 5.57. The molecular weight excluding hydrogens is 376 g/mol. The molecule has 2 amide bonds. The van der Waals surface area contributed by atoms with Gasteiger partial charge < -0.3 is 19.5 Å². The average Bonchev–Trinajstić information content (AvgIpc) is 3.10. The molecule has 0 saturated heterocycles. The summed E-state index contributed by atoms with van der Waals surface area (Å²) in [6.45, 7) is 0. The lowest BCUT2D eigenvalue weighted by Crippen LogP contribution is -2.35. The molecule has 1 aromatic heterocycles. The summed E-state index contributed by atoms with van der Waals surface area (Å²) < 4.78 is 17.7. The van der Waals surface area contributed by atoms with E-state index in [0.717, 1.165) is 5.52 Å². The van der Waals surface area contributed by atoms with Crippen LogP contribution >= 0.6 is 0 Å². The molecule has 0 radical (unpaired) electrons. The molecule has 0 spiro atoms. The second-order valence-electron chi connectivity index (χ2n) is 6.47. The quantitative estimate of drug-likeness (QED) is 0.687. The fourth-order valence-electron chi connectivity index (χ4n) is 3.48. The molecular formula is C20H20N4O5. The van der Waals surface area contributed by atoms with E-state index in [2.05, 4.69) is 15.6 Å². The molecule has 0 aliphatic carbocycles. The molecule has 0 saturated carbocycles. The van der Waals surface area contributed by atoms with Gasteiger partial charge in [-0.25, -0.2) is 4.98 Å². The zero-order valence-electron chi connectivity index (χ0n) is 16.2. The summed E-state index contributed by atoms with van der Waals surface area (Å²) >= 11 is 0. The van der Waals surface area contributed by atoms with Gasteiger partial charge in [0, 0.05) is 17.8 Å². The molecule has 1 atom stereocenters. The number of imidazole rings is 1. The highest BCUT2D eigenvalue weighted by molar-refractivity contribution is 6.03. The van der Waals surface area contributed by atoms with Crippen LogP contribution in [-0.4, -0.2) is 42.7 Å². The van der Waals surface area contributed by atoms with Gasteiger partial charge in [0.25, 0.3) is 0 Å². The van der Waals surface area contributed by atoms with Crippen molar-refractivity contribution in [3.8, 4) is 17.2 Å². The number of ether oxygens (including phenoxy) is 3. The number of anilines is 2.